The van der Waals surface area contributed by atoms with Gasteiger partial charge in [0.25, 0.3) is 0 Å². The van der Waals surface area contributed by atoms with E-state index in [9.17, 15) is 13.2 Å². The van der Waals surface area contributed by atoms with Crippen molar-refractivity contribution in [3.05, 3.63) is 28.2 Å². The maximum absolute atomic E-state index is 12.2. The van der Waals surface area contributed by atoms with Gasteiger partial charge in [-0.05, 0) is 31.0 Å². The van der Waals surface area contributed by atoms with E-state index in [4.69, 9.17) is 33.0 Å². The first-order valence-electron chi connectivity index (χ1n) is 5.97. The molecule has 0 aliphatic heterocycles. The molecule has 0 aromatic heterocycles. The third kappa shape index (κ3) is 5.44. The van der Waals surface area contributed by atoms with E-state index < -0.39 is 22.0 Å². The molecule has 0 bridgehead atoms. The third-order valence-electron chi connectivity index (χ3n) is 2.62. The zero-order valence-electron chi connectivity index (χ0n) is 11.2. The van der Waals surface area contributed by atoms with Gasteiger partial charge in [0.2, 0.25) is 10.0 Å². The van der Waals surface area contributed by atoms with Gasteiger partial charge in [-0.3, -0.25) is 4.79 Å². The highest BCUT2D eigenvalue weighted by Gasteiger charge is 2.26. The van der Waals surface area contributed by atoms with Gasteiger partial charge < -0.3 is 9.84 Å². The van der Waals surface area contributed by atoms with E-state index in [-0.39, 0.29) is 21.4 Å². The lowest BCUT2D eigenvalue weighted by Gasteiger charge is -2.15. The highest BCUT2D eigenvalue weighted by atomic mass is 35.5. The number of benzene rings is 1. The number of aliphatic carboxylic acids is 1. The van der Waals surface area contributed by atoms with Crippen LogP contribution in [0, 0.1) is 0 Å². The minimum atomic E-state index is -4.08. The molecule has 0 amide bonds. The predicted molar refractivity (Wildman–Crippen MR) is 79.3 cm³/mol. The SMILES string of the molecule is COCCCC(NS(=O)(=O)c1cc(Cl)ccc1Cl)C(=O)O. The van der Waals surface area contributed by atoms with Crippen molar-refractivity contribution in [3.8, 4) is 0 Å². The number of carboxylic acids is 1. The molecule has 21 heavy (non-hydrogen) atoms. The second-order valence-corrected chi connectivity index (χ2v) is 6.75. The monoisotopic (exact) mass is 355 g/mol. The lowest BCUT2D eigenvalue weighted by Crippen LogP contribution is -2.40. The predicted octanol–water partition coefficient (Wildman–Crippen LogP) is 2.15. The summed E-state index contributed by atoms with van der Waals surface area (Å²) in [6.45, 7) is 0.337. The second kappa shape index (κ2) is 7.95. The minimum Gasteiger partial charge on any atom is -0.480 e. The molecule has 0 radical (unpaired) electrons. The zero-order chi connectivity index (χ0) is 16.0. The number of sulfonamides is 1. The fourth-order valence-corrected chi connectivity index (χ4v) is 3.58. The molecule has 6 nitrogen and oxygen atoms in total. The second-order valence-electron chi connectivity index (χ2n) is 4.22. The molecule has 0 spiro atoms. The van der Waals surface area contributed by atoms with Gasteiger partial charge in [0, 0.05) is 18.7 Å². The fourth-order valence-electron chi connectivity index (χ4n) is 1.60. The van der Waals surface area contributed by atoms with E-state index >= 15 is 0 Å². The van der Waals surface area contributed by atoms with E-state index in [1.54, 1.807) is 0 Å². The van der Waals surface area contributed by atoms with Crippen LogP contribution in [0.5, 0.6) is 0 Å². The van der Waals surface area contributed by atoms with Crippen molar-refractivity contribution in [1.29, 1.82) is 0 Å². The Bertz CT molecular complexity index is 606. The fraction of sp³-hybridized carbons (Fsp3) is 0.417. The molecule has 0 aliphatic rings. The van der Waals surface area contributed by atoms with Gasteiger partial charge in [-0.15, -0.1) is 0 Å². The number of rotatable bonds is 8. The van der Waals surface area contributed by atoms with Crippen molar-refractivity contribution < 1.29 is 23.1 Å². The van der Waals surface area contributed by atoms with Gasteiger partial charge >= 0.3 is 5.97 Å². The van der Waals surface area contributed by atoms with Gasteiger partial charge in [-0.2, -0.15) is 4.72 Å². The number of ether oxygens (including phenoxy) is 1. The Morgan fingerprint density at radius 3 is 2.67 bits per heavy atom. The first-order valence-corrected chi connectivity index (χ1v) is 8.21. The number of hydrogen-bond acceptors (Lipinski definition) is 4. The van der Waals surface area contributed by atoms with E-state index in [2.05, 4.69) is 4.72 Å². The van der Waals surface area contributed by atoms with Crippen LogP contribution >= 0.6 is 23.2 Å². The van der Waals surface area contributed by atoms with Crippen molar-refractivity contribution in [2.75, 3.05) is 13.7 Å². The van der Waals surface area contributed by atoms with Gasteiger partial charge in [0.05, 0.1) is 5.02 Å². The molecule has 1 rings (SSSR count). The molecule has 2 N–H and O–H groups in total. The Morgan fingerprint density at radius 1 is 1.43 bits per heavy atom. The van der Waals surface area contributed by atoms with Crippen molar-refractivity contribution >= 4 is 39.2 Å². The van der Waals surface area contributed by atoms with Gasteiger partial charge in [-0.1, -0.05) is 23.2 Å². The molecule has 0 heterocycles. The van der Waals surface area contributed by atoms with Crippen LogP contribution in [-0.4, -0.2) is 39.3 Å². The van der Waals surface area contributed by atoms with Crippen LogP contribution in [0.2, 0.25) is 10.0 Å². The van der Waals surface area contributed by atoms with E-state index in [0.29, 0.717) is 13.0 Å². The molecule has 1 aromatic carbocycles. The maximum Gasteiger partial charge on any atom is 0.321 e. The van der Waals surface area contributed by atoms with Crippen molar-refractivity contribution in [2.45, 2.75) is 23.8 Å². The van der Waals surface area contributed by atoms with Crippen molar-refractivity contribution in [3.63, 3.8) is 0 Å². The molecule has 1 unspecified atom stereocenters. The molecule has 0 fully saturated rings. The summed E-state index contributed by atoms with van der Waals surface area (Å²) in [5.41, 5.74) is 0. The standard InChI is InChI=1S/C12H15Cl2NO5S/c1-20-6-2-3-10(12(16)17)15-21(18,19)11-7-8(13)4-5-9(11)14/h4-5,7,10,15H,2-3,6H2,1H3,(H,16,17). The van der Waals surface area contributed by atoms with E-state index in [1.165, 1.54) is 25.3 Å². The quantitative estimate of drug-likeness (QED) is 0.697. The van der Waals surface area contributed by atoms with Gasteiger partial charge in [-0.25, -0.2) is 8.42 Å². The zero-order valence-corrected chi connectivity index (χ0v) is 13.5. The average molecular weight is 356 g/mol. The number of nitrogens with one attached hydrogen (secondary N) is 1. The molecular formula is C12H15Cl2NO5S. The summed E-state index contributed by atoms with van der Waals surface area (Å²) in [6.07, 6.45) is 0.500. The Morgan fingerprint density at radius 2 is 2.10 bits per heavy atom. The molecule has 1 atom stereocenters. The van der Waals surface area contributed by atoms with E-state index in [0.717, 1.165) is 0 Å². The summed E-state index contributed by atoms with van der Waals surface area (Å²) in [5, 5.41) is 9.23. The van der Waals surface area contributed by atoms with Crippen LogP contribution in [-0.2, 0) is 19.6 Å². The number of halogens is 2. The lowest BCUT2D eigenvalue weighted by molar-refractivity contribution is -0.139. The van der Waals surface area contributed by atoms with Crippen LogP contribution in [0.3, 0.4) is 0 Å². The molecule has 118 valence electrons. The Labute approximate surface area is 133 Å². The highest BCUT2D eigenvalue weighted by Crippen LogP contribution is 2.25. The normalized spacial score (nSPS) is 13.1. The van der Waals surface area contributed by atoms with E-state index in [1.807, 2.05) is 0 Å². The largest absolute Gasteiger partial charge is 0.480 e. The number of hydrogen-bond donors (Lipinski definition) is 2. The smallest absolute Gasteiger partial charge is 0.321 e. The van der Waals surface area contributed by atoms with Crippen LogP contribution < -0.4 is 4.72 Å². The molecular weight excluding hydrogens is 341 g/mol. The van der Waals surface area contributed by atoms with Gasteiger partial charge in [0.1, 0.15) is 10.9 Å². The Balaban J connectivity index is 2.95. The average Bonchev–Trinajstić information content (AvgIpc) is 2.40. The number of methoxy groups -OCH3 is 1. The number of carboxylic acid groups (broad SMARTS) is 1. The highest BCUT2D eigenvalue weighted by molar-refractivity contribution is 7.89. The van der Waals surface area contributed by atoms with Crippen LogP contribution in [0.15, 0.2) is 23.1 Å². The summed E-state index contributed by atoms with van der Waals surface area (Å²) >= 11 is 11.6. The van der Waals surface area contributed by atoms with Crippen LogP contribution in [0.1, 0.15) is 12.8 Å². The number of carbonyl (C=O) groups is 1. The molecule has 9 heteroatoms. The van der Waals surface area contributed by atoms with Crippen molar-refractivity contribution in [2.24, 2.45) is 0 Å². The van der Waals surface area contributed by atoms with Gasteiger partial charge in [0.15, 0.2) is 0 Å². The van der Waals surface area contributed by atoms with Crippen LogP contribution in [0.4, 0.5) is 0 Å². The topological polar surface area (TPSA) is 92.7 Å². The summed E-state index contributed by atoms with van der Waals surface area (Å²) in [4.78, 5) is 10.9. The molecule has 0 saturated carbocycles. The molecule has 0 aliphatic carbocycles. The summed E-state index contributed by atoms with van der Waals surface area (Å²) < 4.78 is 31.3. The third-order valence-corrected chi connectivity index (χ3v) is 4.81. The Kier molecular flexibility index (Phi) is 6.89. The molecule has 0 saturated heterocycles. The minimum absolute atomic E-state index is 0.0343. The first kappa shape index (κ1) is 18.2. The molecule has 1 aromatic rings. The summed E-state index contributed by atoms with van der Waals surface area (Å²) in [5.74, 6) is -1.27. The maximum atomic E-state index is 12.2. The van der Waals surface area contributed by atoms with Crippen LogP contribution in [0.25, 0.3) is 0 Å². The van der Waals surface area contributed by atoms with Crippen molar-refractivity contribution in [1.82, 2.24) is 4.72 Å². The summed E-state index contributed by atoms with van der Waals surface area (Å²) in [6, 6.07) is 2.68. The lowest BCUT2D eigenvalue weighted by atomic mass is 10.2. The first-order chi connectivity index (χ1) is 9.77. The Hall–Kier alpha value is -0.860. The summed E-state index contributed by atoms with van der Waals surface area (Å²) in [7, 11) is -2.61.